The summed E-state index contributed by atoms with van der Waals surface area (Å²) in [6, 6.07) is 0. The molecule has 0 aromatic rings. The molecule has 0 radical (unpaired) electrons. The molecule has 19 heavy (non-hydrogen) atoms. The minimum atomic E-state index is -0.810. The van der Waals surface area contributed by atoms with E-state index in [0.717, 1.165) is 11.1 Å². The first-order chi connectivity index (χ1) is 8.84. The first kappa shape index (κ1) is 16.1. The van der Waals surface area contributed by atoms with Crippen molar-refractivity contribution in [3.63, 3.8) is 0 Å². The van der Waals surface area contributed by atoms with E-state index in [4.69, 9.17) is 5.11 Å². The Morgan fingerprint density at radius 1 is 1.32 bits per heavy atom. The topological polar surface area (TPSA) is 80.9 Å². The van der Waals surface area contributed by atoms with Crippen molar-refractivity contribution in [2.24, 2.45) is 5.41 Å². The Hall–Kier alpha value is -0.940. The van der Waals surface area contributed by atoms with Crippen LogP contribution in [0.4, 0.5) is 0 Å². The Morgan fingerprint density at radius 2 is 1.95 bits per heavy atom. The highest BCUT2D eigenvalue weighted by Gasteiger charge is 2.39. The Kier molecular flexibility index (Phi) is 5.50. The maximum Gasteiger partial charge on any atom is 0.0803 e. The van der Waals surface area contributed by atoms with E-state index in [2.05, 4.69) is 0 Å². The second kappa shape index (κ2) is 6.48. The molecule has 1 rings (SSSR count). The maximum atomic E-state index is 10.1. The Balaban J connectivity index is 3.18. The van der Waals surface area contributed by atoms with Crippen LogP contribution in [-0.4, -0.2) is 45.8 Å². The van der Waals surface area contributed by atoms with E-state index in [1.807, 2.05) is 26.8 Å². The largest absolute Gasteiger partial charge is 0.392 e. The van der Waals surface area contributed by atoms with Crippen LogP contribution in [0.15, 0.2) is 34.9 Å². The molecule has 0 aliphatic heterocycles. The molecule has 0 aromatic carbocycles. The summed E-state index contributed by atoms with van der Waals surface area (Å²) in [4.78, 5) is 0. The van der Waals surface area contributed by atoms with Gasteiger partial charge < -0.3 is 20.4 Å². The van der Waals surface area contributed by atoms with Crippen molar-refractivity contribution < 1.29 is 20.4 Å². The summed E-state index contributed by atoms with van der Waals surface area (Å²) in [6.07, 6.45) is 4.06. The van der Waals surface area contributed by atoms with E-state index < -0.39 is 17.6 Å². The quantitative estimate of drug-likeness (QED) is 0.572. The first-order valence-corrected chi connectivity index (χ1v) is 6.50. The molecular weight excluding hydrogens is 244 g/mol. The molecule has 0 spiro atoms. The fourth-order valence-corrected chi connectivity index (χ4v) is 2.36. The van der Waals surface area contributed by atoms with Crippen LogP contribution in [0.5, 0.6) is 0 Å². The van der Waals surface area contributed by atoms with Gasteiger partial charge >= 0.3 is 0 Å². The summed E-state index contributed by atoms with van der Waals surface area (Å²) in [5.74, 6) is 0. The normalized spacial score (nSPS) is 28.3. The van der Waals surface area contributed by atoms with Crippen LogP contribution in [0.3, 0.4) is 0 Å². The van der Waals surface area contributed by atoms with Gasteiger partial charge in [-0.2, -0.15) is 0 Å². The summed E-state index contributed by atoms with van der Waals surface area (Å²) in [5.41, 5.74) is 1.68. The Labute approximate surface area is 114 Å². The molecule has 0 saturated carbocycles. The molecule has 0 amide bonds. The Bertz CT molecular complexity index is 404. The fourth-order valence-electron chi connectivity index (χ4n) is 2.36. The molecule has 0 heterocycles. The molecule has 4 heteroatoms. The molecule has 4 N–H and O–H groups in total. The SMILES string of the molecule is CC(C=CC1=C(CO)C(O)C[C@H](O)C1(C)C)=CCO. The molecular formula is C15H24O4. The van der Waals surface area contributed by atoms with Gasteiger partial charge in [0.25, 0.3) is 0 Å². The molecule has 0 saturated heterocycles. The lowest BCUT2D eigenvalue weighted by atomic mass is 9.69. The number of aliphatic hydroxyl groups is 4. The first-order valence-electron chi connectivity index (χ1n) is 6.50. The molecule has 4 nitrogen and oxygen atoms in total. The Morgan fingerprint density at radius 3 is 2.47 bits per heavy atom. The number of aliphatic hydroxyl groups excluding tert-OH is 4. The van der Waals surface area contributed by atoms with Crippen molar-refractivity contribution in [3.8, 4) is 0 Å². The third-order valence-corrected chi connectivity index (χ3v) is 3.82. The summed E-state index contributed by atoms with van der Waals surface area (Å²) in [5, 5.41) is 38.3. The van der Waals surface area contributed by atoms with Crippen LogP contribution >= 0.6 is 0 Å². The van der Waals surface area contributed by atoms with Gasteiger partial charge in [-0.05, 0) is 18.1 Å². The molecule has 1 aliphatic rings. The fraction of sp³-hybridized carbons (Fsp3) is 0.600. The van der Waals surface area contributed by atoms with Crippen LogP contribution in [-0.2, 0) is 0 Å². The maximum absolute atomic E-state index is 10.1. The van der Waals surface area contributed by atoms with Gasteiger partial charge in [0.05, 0.1) is 25.4 Å². The summed E-state index contributed by atoms with van der Waals surface area (Å²) in [7, 11) is 0. The average molecular weight is 268 g/mol. The predicted octanol–water partition coefficient (Wildman–Crippen LogP) is 0.922. The van der Waals surface area contributed by atoms with Crippen molar-refractivity contribution in [1.82, 2.24) is 0 Å². The second-order valence-electron chi connectivity index (χ2n) is 5.55. The van der Waals surface area contributed by atoms with Crippen LogP contribution in [0.2, 0.25) is 0 Å². The van der Waals surface area contributed by atoms with E-state index in [0.29, 0.717) is 5.57 Å². The zero-order valence-corrected chi connectivity index (χ0v) is 11.8. The van der Waals surface area contributed by atoms with Crippen molar-refractivity contribution in [3.05, 3.63) is 34.9 Å². The summed E-state index contributed by atoms with van der Waals surface area (Å²) >= 11 is 0. The van der Waals surface area contributed by atoms with Crippen molar-refractivity contribution in [1.29, 1.82) is 0 Å². The van der Waals surface area contributed by atoms with Crippen LogP contribution < -0.4 is 0 Å². The lowest BCUT2D eigenvalue weighted by Gasteiger charge is -2.40. The number of hydrogen-bond donors (Lipinski definition) is 4. The number of hydrogen-bond acceptors (Lipinski definition) is 4. The van der Waals surface area contributed by atoms with Gasteiger partial charge in [0, 0.05) is 11.8 Å². The van der Waals surface area contributed by atoms with E-state index in [1.54, 1.807) is 12.2 Å². The predicted molar refractivity (Wildman–Crippen MR) is 74.5 cm³/mol. The van der Waals surface area contributed by atoms with E-state index >= 15 is 0 Å². The van der Waals surface area contributed by atoms with Gasteiger partial charge in [0.15, 0.2) is 0 Å². The number of rotatable bonds is 4. The lowest BCUT2D eigenvalue weighted by molar-refractivity contribution is 0.0138. The smallest absolute Gasteiger partial charge is 0.0803 e. The van der Waals surface area contributed by atoms with Gasteiger partial charge in [0.2, 0.25) is 0 Å². The zero-order valence-electron chi connectivity index (χ0n) is 11.8. The second-order valence-corrected chi connectivity index (χ2v) is 5.55. The van der Waals surface area contributed by atoms with Gasteiger partial charge in [-0.25, -0.2) is 0 Å². The van der Waals surface area contributed by atoms with E-state index in [9.17, 15) is 15.3 Å². The van der Waals surface area contributed by atoms with Crippen molar-refractivity contribution in [2.75, 3.05) is 13.2 Å². The highest BCUT2D eigenvalue weighted by Crippen LogP contribution is 2.41. The number of allylic oxidation sites excluding steroid dienone is 3. The zero-order chi connectivity index (χ0) is 14.6. The third kappa shape index (κ3) is 3.54. The standard InChI is InChI=1S/C15H24O4/c1-10(6-7-16)4-5-12-11(9-17)13(18)8-14(19)15(12,2)3/h4-6,13-14,16-19H,7-9H2,1-3H3/t13?,14-/m0/s1. The molecule has 0 bridgehead atoms. The minimum Gasteiger partial charge on any atom is -0.392 e. The molecule has 1 unspecified atom stereocenters. The van der Waals surface area contributed by atoms with Gasteiger partial charge in [0.1, 0.15) is 0 Å². The molecule has 1 aliphatic carbocycles. The van der Waals surface area contributed by atoms with E-state index in [-0.39, 0.29) is 19.6 Å². The molecule has 0 aromatic heterocycles. The summed E-state index contributed by atoms with van der Waals surface area (Å²) < 4.78 is 0. The summed E-state index contributed by atoms with van der Waals surface area (Å²) in [6.45, 7) is 5.39. The lowest BCUT2D eigenvalue weighted by Crippen LogP contribution is -2.41. The average Bonchev–Trinajstić information content (AvgIpc) is 2.32. The molecule has 2 atom stereocenters. The highest BCUT2D eigenvalue weighted by atomic mass is 16.3. The monoisotopic (exact) mass is 268 g/mol. The van der Waals surface area contributed by atoms with Gasteiger partial charge in [-0.15, -0.1) is 0 Å². The highest BCUT2D eigenvalue weighted by molar-refractivity contribution is 5.40. The van der Waals surface area contributed by atoms with Gasteiger partial charge in [-0.1, -0.05) is 37.6 Å². The van der Waals surface area contributed by atoms with Crippen LogP contribution in [0.1, 0.15) is 27.2 Å². The minimum absolute atomic E-state index is 0.0310. The van der Waals surface area contributed by atoms with Gasteiger partial charge in [-0.3, -0.25) is 0 Å². The molecule has 108 valence electrons. The van der Waals surface area contributed by atoms with E-state index in [1.165, 1.54) is 0 Å². The third-order valence-electron chi connectivity index (χ3n) is 3.82. The van der Waals surface area contributed by atoms with Crippen LogP contribution in [0.25, 0.3) is 0 Å². The van der Waals surface area contributed by atoms with Crippen molar-refractivity contribution in [2.45, 2.75) is 39.4 Å². The van der Waals surface area contributed by atoms with Crippen LogP contribution in [0, 0.1) is 5.41 Å². The van der Waals surface area contributed by atoms with Crippen molar-refractivity contribution >= 4 is 0 Å². The molecule has 0 fully saturated rings.